The quantitative estimate of drug-likeness (QED) is 0.219. The molecule has 0 rings (SSSR count). The van der Waals surface area contributed by atoms with Crippen molar-refractivity contribution < 1.29 is 27.7 Å². The lowest BCUT2D eigenvalue weighted by Gasteiger charge is -2.12. The van der Waals surface area contributed by atoms with E-state index < -0.39 is 9.84 Å². The number of hydrogen-bond donors (Lipinski definition) is 1. The van der Waals surface area contributed by atoms with Gasteiger partial charge in [0.05, 0.1) is 51.1 Å². The third kappa shape index (κ3) is 21.0. The molecule has 0 amide bonds. The minimum Gasteiger partial charge on any atom is -0.394 e. The van der Waals surface area contributed by atoms with Crippen molar-refractivity contribution in [3.63, 3.8) is 0 Å². The molecule has 0 spiro atoms. The second-order valence-electron chi connectivity index (χ2n) is 8.04. The monoisotopic (exact) mass is 452 g/mol. The van der Waals surface area contributed by atoms with Gasteiger partial charge in [0.2, 0.25) is 0 Å². The fourth-order valence-corrected chi connectivity index (χ4v) is 5.34. The summed E-state index contributed by atoms with van der Waals surface area (Å²) in [5.41, 5.74) is 0. The Kier molecular flexibility index (Phi) is 21.8. The maximum absolute atomic E-state index is 12.1. The van der Waals surface area contributed by atoms with Gasteiger partial charge < -0.3 is 19.3 Å². The second kappa shape index (κ2) is 22.0. The van der Waals surface area contributed by atoms with Gasteiger partial charge in [-0.3, -0.25) is 0 Å². The Morgan fingerprint density at radius 3 is 1.57 bits per heavy atom. The zero-order chi connectivity index (χ0) is 22.3. The van der Waals surface area contributed by atoms with E-state index >= 15 is 0 Å². The number of ether oxygens (including phenoxy) is 3. The van der Waals surface area contributed by atoms with E-state index in [9.17, 15) is 8.42 Å². The molecule has 0 saturated carbocycles. The van der Waals surface area contributed by atoms with E-state index in [0.29, 0.717) is 50.5 Å². The van der Waals surface area contributed by atoms with E-state index in [1.54, 1.807) is 0 Å². The fraction of sp³-hybridized carbons (Fsp3) is 1.00. The maximum Gasteiger partial charge on any atom is 0.150 e. The average Bonchev–Trinajstić information content (AvgIpc) is 2.73. The molecule has 7 heteroatoms. The highest BCUT2D eigenvalue weighted by molar-refractivity contribution is 7.91. The third-order valence-electron chi connectivity index (χ3n) is 5.37. The van der Waals surface area contributed by atoms with E-state index in [1.807, 2.05) is 0 Å². The van der Waals surface area contributed by atoms with Crippen LogP contribution < -0.4 is 0 Å². The smallest absolute Gasteiger partial charge is 0.150 e. The SMILES string of the molecule is CCC(CC)CS(=O)(=O)CCCCCCCCCCCOCCOCCOCCO. The normalized spacial score (nSPS) is 12.1. The number of aliphatic hydroxyl groups is 1. The summed E-state index contributed by atoms with van der Waals surface area (Å²) in [6.07, 6.45) is 12.2. The first-order chi connectivity index (χ1) is 14.6. The lowest BCUT2D eigenvalue weighted by Crippen LogP contribution is -2.18. The van der Waals surface area contributed by atoms with Crippen LogP contribution in [0.15, 0.2) is 0 Å². The molecular formula is C23H48O6S. The number of sulfone groups is 1. The van der Waals surface area contributed by atoms with Crippen molar-refractivity contribution in [1.82, 2.24) is 0 Å². The van der Waals surface area contributed by atoms with E-state index in [1.165, 1.54) is 32.1 Å². The first-order valence-electron chi connectivity index (χ1n) is 12.1. The molecule has 0 unspecified atom stereocenters. The molecule has 1 N–H and O–H groups in total. The molecule has 6 nitrogen and oxygen atoms in total. The van der Waals surface area contributed by atoms with Crippen LogP contribution >= 0.6 is 0 Å². The summed E-state index contributed by atoms with van der Waals surface area (Å²) < 4.78 is 40.2. The number of unbranched alkanes of at least 4 members (excludes halogenated alkanes) is 8. The summed E-state index contributed by atoms with van der Waals surface area (Å²) >= 11 is 0. The lowest BCUT2D eigenvalue weighted by molar-refractivity contribution is 0.00719. The van der Waals surface area contributed by atoms with Crippen molar-refractivity contribution in [3.05, 3.63) is 0 Å². The molecule has 0 atom stereocenters. The van der Waals surface area contributed by atoms with Gasteiger partial charge in [-0.15, -0.1) is 0 Å². The van der Waals surface area contributed by atoms with Crippen molar-refractivity contribution in [3.8, 4) is 0 Å². The van der Waals surface area contributed by atoms with Gasteiger partial charge in [-0.2, -0.15) is 0 Å². The minimum absolute atomic E-state index is 0.0498. The summed E-state index contributed by atoms with van der Waals surface area (Å²) in [5.74, 6) is 1.07. The molecule has 0 aliphatic heterocycles. The molecule has 0 bridgehead atoms. The fourth-order valence-electron chi connectivity index (χ4n) is 3.34. The van der Waals surface area contributed by atoms with Crippen molar-refractivity contribution >= 4 is 9.84 Å². The van der Waals surface area contributed by atoms with Gasteiger partial charge in [0.15, 0.2) is 9.84 Å². The molecule has 0 aromatic rings. The van der Waals surface area contributed by atoms with E-state index in [-0.39, 0.29) is 6.61 Å². The number of hydrogen-bond acceptors (Lipinski definition) is 6. The molecule has 0 radical (unpaired) electrons. The molecule has 0 heterocycles. The highest BCUT2D eigenvalue weighted by atomic mass is 32.2. The summed E-state index contributed by atoms with van der Waals surface area (Å²) in [6.45, 7) is 7.61. The highest BCUT2D eigenvalue weighted by Gasteiger charge is 2.16. The van der Waals surface area contributed by atoms with Gasteiger partial charge in [-0.25, -0.2) is 8.42 Å². The highest BCUT2D eigenvalue weighted by Crippen LogP contribution is 2.14. The Morgan fingerprint density at radius 1 is 0.633 bits per heavy atom. The van der Waals surface area contributed by atoms with Gasteiger partial charge in [-0.05, 0) is 18.8 Å². The molecule has 0 aliphatic carbocycles. The molecule has 0 aromatic carbocycles. The van der Waals surface area contributed by atoms with Crippen LogP contribution in [0.2, 0.25) is 0 Å². The van der Waals surface area contributed by atoms with Gasteiger partial charge in [0.25, 0.3) is 0 Å². The standard InChI is InChI=1S/C23H48O6S/c1-3-23(4-2)22-30(25,26)21-13-11-9-7-5-6-8-10-12-15-27-17-19-29-20-18-28-16-14-24/h23-24H,3-22H2,1-2H3. The second-order valence-corrected chi connectivity index (χ2v) is 10.3. The van der Waals surface area contributed by atoms with Crippen LogP contribution in [0.1, 0.15) is 84.5 Å². The Bertz CT molecular complexity index is 437. The van der Waals surface area contributed by atoms with Crippen LogP contribution in [0.25, 0.3) is 0 Å². The first-order valence-corrected chi connectivity index (χ1v) is 13.9. The molecule has 0 fully saturated rings. The van der Waals surface area contributed by atoms with Crippen LogP contribution in [-0.2, 0) is 24.0 Å². The topological polar surface area (TPSA) is 82.1 Å². The Balaban J connectivity index is 3.26. The number of aliphatic hydroxyl groups excluding tert-OH is 1. The molecular weight excluding hydrogens is 404 g/mol. The Hall–Kier alpha value is -0.210. The van der Waals surface area contributed by atoms with Crippen molar-refractivity contribution in [1.29, 1.82) is 0 Å². The molecule has 0 saturated heterocycles. The van der Waals surface area contributed by atoms with Gasteiger partial charge in [0.1, 0.15) is 0 Å². The summed E-state index contributed by atoms with van der Waals surface area (Å²) in [5, 5.41) is 8.56. The van der Waals surface area contributed by atoms with Gasteiger partial charge in [0, 0.05) is 6.61 Å². The molecule has 182 valence electrons. The van der Waals surface area contributed by atoms with Gasteiger partial charge in [-0.1, -0.05) is 71.6 Å². The summed E-state index contributed by atoms with van der Waals surface area (Å²) in [4.78, 5) is 0. The van der Waals surface area contributed by atoms with Crippen LogP contribution in [0.4, 0.5) is 0 Å². The number of rotatable bonds is 24. The lowest BCUT2D eigenvalue weighted by atomic mass is 10.1. The molecule has 0 aliphatic rings. The molecule has 0 aromatic heterocycles. The van der Waals surface area contributed by atoms with Crippen LogP contribution in [0.5, 0.6) is 0 Å². The first kappa shape index (κ1) is 29.8. The predicted molar refractivity (Wildman–Crippen MR) is 124 cm³/mol. The van der Waals surface area contributed by atoms with E-state index in [4.69, 9.17) is 19.3 Å². The zero-order valence-electron chi connectivity index (χ0n) is 19.6. The van der Waals surface area contributed by atoms with Crippen LogP contribution in [0.3, 0.4) is 0 Å². The van der Waals surface area contributed by atoms with Gasteiger partial charge >= 0.3 is 0 Å². The van der Waals surface area contributed by atoms with Crippen molar-refractivity contribution in [2.24, 2.45) is 5.92 Å². The third-order valence-corrected chi connectivity index (χ3v) is 7.26. The van der Waals surface area contributed by atoms with Crippen LogP contribution in [-0.4, -0.2) is 71.3 Å². The Labute approximate surface area is 186 Å². The average molecular weight is 453 g/mol. The predicted octanol–water partition coefficient (Wildman–Crippen LogP) is 4.39. The van der Waals surface area contributed by atoms with E-state index in [2.05, 4.69) is 13.8 Å². The Morgan fingerprint density at radius 2 is 1.07 bits per heavy atom. The van der Waals surface area contributed by atoms with Crippen molar-refractivity contribution in [2.75, 3.05) is 57.8 Å². The van der Waals surface area contributed by atoms with Crippen LogP contribution in [0, 0.1) is 5.92 Å². The summed E-state index contributed by atoms with van der Waals surface area (Å²) in [6, 6.07) is 0. The maximum atomic E-state index is 12.1. The zero-order valence-corrected chi connectivity index (χ0v) is 20.4. The largest absolute Gasteiger partial charge is 0.394 e. The van der Waals surface area contributed by atoms with E-state index in [0.717, 1.165) is 45.1 Å². The van der Waals surface area contributed by atoms with Crippen molar-refractivity contribution in [2.45, 2.75) is 84.5 Å². The minimum atomic E-state index is -2.86. The summed E-state index contributed by atoms with van der Waals surface area (Å²) in [7, 11) is -2.86. The molecule has 30 heavy (non-hydrogen) atoms.